The number of hydrogen-bond acceptors (Lipinski definition) is 3. The SMILES string of the molecule is CCOc1ccc(N2C(=O)[C@@H]3[C@H](C2=O)[C@@H](c2ccccc2)C=C[C@H]3c2ccccc2)cc1. The Morgan fingerprint density at radius 3 is 1.59 bits per heavy atom. The molecule has 1 heterocycles. The number of fused-ring (bicyclic) bond motifs is 1. The number of amides is 2. The molecule has 1 saturated heterocycles. The van der Waals surface area contributed by atoms with Crippen LogP contribution in [0.1, 0.15) is 29.9 Å². The van der Waals surface area contributed by atoms with Crippen LogP contribution in [0.5, 0.6) is 5.75 Å². The van der Waals surface area contributed by atoms with E-state index >= 15 is 0 Å². The molecule has 0 bridgehead atoms. The van der Waals surface area contributed by atoms with Gasteiger partial charge in [-0.1, -0.05) is 72.8 Å². The predicted octanol–water partition coefficient (Wildman–Crippen LogP) is 5.33. The van der Waals surface area contributed by atoms with Crippen LogP contribution in [0, 0.1) is 11.8 Å². The third kappa shape index (κ3) is 3.42. The number of anilines is 1. The lowest BCUT2D eigenvalue weighted by molar-refractivity contribution is -0.122. The van der Waals surface area contributed by atoms with Crippen molar-refractivity contribution in [2.24, 2.45) is 11.8 Å². The second-order valence-corrected chi connectivity index (χ2v) is 8.25. The molecular weight excluding hydrogens is 398 g/mol. The zero-order valence-electron chi connectivity index (χ0n) is 17.9. The second-order valence-electron chi connectivity index (χ2n) is 8.25. The Morgan fingerprint density at radius 1 is 0.688 bits per heavy atom. The fraction of sp³-hybridized carbons (Fsp3) is 0.214. The molecule has 1 aliphatic heterocycles. The molecule has 3 aromatic rings. The van der Waals surface area contributed by atoms with Gasteiger partial charge in [-0.05, 0) is 42.3 Å². The number of rotatable bonds is 5. The van der Waals surface area contributed by atoms with Gasteiger partial charge in [0.25, 0.3) is 0 Å². The van der Waals surface area contributed by atoms with Crippen LogP contribution >= 0.6 is 0 Å². The summed E-state index contributed by atoms with van der Waals surface area (Å²) in [6.07, 6.45) is 4.22. The Bertz CT molecular complexity index is 1070. The lowest BCUT2D eigenvalue weighted by Gasteiger charge is -2.32. The van der Waals surface area contributed by atoms with E-state index in [9.17, 15) is 9.59 Å². The van der Waals surface area contributed by atoms with E-state index in [0.717, 1.165) is 16.9 Å². The maximum Gasteiger partial charge on any atom is 0.238 e. The van der Waals surface area contributed by atoms with Gasteiger partial charge in [-0.3, -0.25) is 9.59 Å². The van der Waals surface area contributed by atoms with E-state index in [1.54, 1.807) is 12.1 Å². The largest absolute Gasteiger partial charge is 0.494 e. The average molecular weight is 424 g/mol. The second kappa shape index (κ2) is 8.46. The van der Waals surface area contributed by atoms with Crippen LogP contribution in [0.3, 0.4) is 0 Å². The molecule has 160 valence electrons. The summed E-state index contributed by atoms with van der Waals surface area (Å²) in [5.74, 6) is -0.695. The van der Waals surface area contributed by atoms with Crippen molar-refractivity contribution in [1.29, 1.82) is 0 Å². The van der Waals surface area contributed by atoms with Crippen LogP contribution in [0.15, 0.2) is 97.1 Å². The van der Waals surface area contributed by atoms with Crippen molar-refractivity contribution in [2.75, 3.05) is 11.5 Å². The quantitative estimate of drug-likeness (QED) is 0.412. The average Bonchev–Trinajstić information content (AvgIpc) is 3.11. The Balaban J connectivity index is 1.58. The van der Waals surface area contributed by atoms with Crippen molar-refractivity contribution < 1.29 is 14.3 Å². The van der Waals surface area contributed by atoms with Gasteiger partial charge >= 0.3 is 0 Å². The van der Waals surface area contributed by atoms with Gasteiger partial charge in [0.2, 0.25) is 11.8 Å². The van der Waals surface area contributed by atoms with Gasteiger partial charge in [0.05, 0.1) is 24.1 Å². The first-order chi connectivity index (χ1) is 15.7. The monoisotopic (exact) mass is 423 g/mol. The van der Waals surface area contributed by atoms with Crippen LogP contribution in [0.4, 0.5) is 5.69 Å². The summed E-state index contributed by atoms with van der Waals surface area (Å²) >= 11 is 0. The standard InChI is InChI=1S/C28H25NO3/c1-2-32-22-15-13-21(14-16-22)29-27(30)25-23(19-9-5-3-6-10-19)17-18-24(26(25)28(29)31)20-11-7-4-8-12-20/h3-18,23-26H,2H2,1H3/t23-,24+,25-,26+. The van der Waals surface area contributed by atoms with Crippen LogP contribution in [-0.2, 0) is 9.59 Å². The Kier molecular flexibility index (Phi) is 5.36. The van der Waals surface area contributed by atoms with Crippen LogP contribution in [-0.4, -0.2) is 18.4 Å². The van der Waals surface area contributed by atoms with E-state index < -0.39 is 11.8 Å². The summed E-state index contributed by atoms with van der Waals surface area (Å²) in [7, 11) is 0. The van der Waals surface area contributed by atoms with Gasteiger partial charge < -0.3 is 4.74 Å². The summed E-state index contributed by atoms with van der Waals surface area (Å²) < 4.78 is 5.52. The van der Waals surface area contributed by atoms with Crippen molar-refractivity contribution in [3.8, 4) is 5.75 Å². The molecule has 4 atom stereocenters. The molecule has 1 fully saturated rings. The number of carbonyl (C=O) groups is 2. The zero-order chi connectivity index (χ0) is 22.1. The van der Waals surface area contributed by atoms with Crippen molar-refractivity contribution in [3.05, 3.63) is 108 Å². The molecule has 0 N–H and O–H groups in total. The predicted molar refractivity (Wildman–Crippen MR) is 125 cm³/mol. The van der Waals surface area contributed by atoms with E-state index in [2.05, 4.69) is 12.2 Å². The zero-order valence-corrected chi connectivity index (χ0v) is 17.9. The van der Waals surface area contributed by atoms with Crippen LogP contribution < -0.4 is 9.64 Å². The molecule has 32 heavy (non-hydrogen) atoms. The topological polar surface area (TPSA) is 46.6 Å². The fourth-order valence-electron chi connectivity index (χ4n) is 5.05. The molecule has 0 aromatic heterocycles. The van der Waals surface area contributed by atoms with E-state index in [1.807, 2.05) is 79.7 Å². The fourth-order valence-corrected chi connectivity index (χ4v) is 5.05. The molecule has 3 aromatic carbocycles. The highest BCUT2D eigenvalue weighted by Gasteiger charge is 2.55. The van der Waals surface area contributed by atoms with Gasteiger partial charge in [0, 0.05) is 11.8 Å². The Labute approximate surface area is 188 Å². The van der Waals surface area contributed by atoms with Crippen molar-refractivity contribution in [1.82, 2.24) is 0 Å². The van der Waals surface area contributed by atoms with Gasteiger partial charge in [0.15, 0.2) is 0 Å². The maximum absolute atomic E-state index is 13.8. The minimum Gasteiger partial charge on any atom is -0.494 e. The Morgan fingerprint density at radius 2 is 1.16 bits per heavy atom. The minimum absolute atomic E-state index is 0.134. The lowest BCUT2D eigenvalue weighted by Crippen LogP contribution is -2.31. The van der Waals surface area contributed by atoms with E-state index in [0.29, 0.717) is 12.3 Å². The number of hydrogen-bond donors (Lipinski definition) is 0. The molecular formula is C28H25NO3. The summed E-state index contributed by atoms with van der Waals surface area (Å²) in [4.78, 5) is 28.9. The van der Waals surface area contributed by atoms with E-state index in [-0.39, 0.29) is 23.7 Å². The summed E-state index contributed by atoms with van der Waals surface area (Å²) in [5, 5.41) is 0. The summed E-state index contributed by atoms with van der Waals surface area (Å²) in [5.41, 5.74) is 2.70. The number of benzene rings is 3. The van der Waals surface area contributed by atoms with Crippen molar-refractivity contribution in [3.63, 3.8) is 0 Å². The van der Waals surface area contributed by atoms with Gasteiger partial charge in [-0.15, -0.1) is 0 Å². The van der Waals surface area contributed by atoms with Crippen LogP contribution in [0.2, 0.25) is 0 Å². The molecule has 5 rings (SSSR count). The Hall–Kier alpha value is -3.66. The molecule has 2 aliphatic rings. The summed E-state index contributed by atoms with van der Waals surface area (Å²) in [6.45, 7) is 2.49. The lowest BCUT2D eigenvalue weighted by atomic mass is 9.68. The first-order valence-corrected chi connectivity index (χ1v) is 11.1. The molecule has 4 nitrogen and oxygen atoms in total. The number of imide groups is 1. The number of ether oxygens (including phenoxy) is 1. The number of allylic oxidation sites excluding steroid dienone is 2. The first kappa shape index (κ1) is 20.3. The van der Waals surface area contributed by atoms with Crippen molar-refractivity contribution >= 4 is 17.5 Å². The molecule has 0 radical (unpaired) electrons. The molecule has 0 unspecified atom stereocenters. The third-order valence-electron chi connectivity index (χ3n) is 6.47. The number of carbonyl (C=O) groups excluding carboxylic acids is 2. The molecule has 0 saturated carbocycles. The first-order valence-electron chi connectivity index (χ1n) is 11.1. The summed E-state index contributed by atoms with van der Waals surface area (Å²) in [6, 6.07) is 27.2. The molecule has 1 aliphatic carbocycles. The third-order valence-corrected chi connectivity index (χ3v) is 6.47. The van der Waals surface area contributed by atoms with E-state index in [1.165, 1.54) is 4.90 Å². The molecule has 4 heteroatoms. The highest BCUT2D eigenvalue weighted by molar-refractivity contribution is 6.23. The normalized spacial score (nSPS) is 24.5. The van der Waals surface area contributed by atoms with Gasteiger partial charge in [-0.2, -0.15) is 0 Å². The van der Waals surface area contributed by atoms with Crippen LogP contribution in [0.25, 0.3) is 0 Å². The van der Waals surface area contributed by atoms with Gasteiger partial charge in [-0.25, -0.2) is 4.90 Å². The molecule has 0 spiro atoms. The van der Waals surface area contributed by atoms with E-state index in [4.69, 9.17) is 4.74 Å². The maximum atomic E-state index is 13.8. The highest BCUT2D eigenvalue weighted by atomic mass is 16.5. The molecule has 2 amide bonds. The number of nitrogens with zero attached hydrogens (tertiary/aromatic N) is 1. The highest BCUT2D eigenvalue weighted by Crippen LogP contribution is 2.50. The minimum atomic E-state index is -0.438. The van der Waals surface area contributed by atoms with Gasteiger partial charge in [0.1, 0.15) is 5.75 Å². The smallest absolute Gasteiger partial charge is 0.238 e. The van der Waals surface area contributed by atoms with Crippen molar-refractivity contribution in [2.45, 2.75) is 18.8 Å².